The summed E-state index contributed by atoms with van der Waals surface area (Å²) < 4.78 is 0. The monoisotopic (exact) mass is 180 g/mol. The molecule has 1 amide bonds. The van der Waals surface area contributed by atoms with Crippen molar-refractivity contribution in [1.82, 2.24) is 0 Å². The van der Waals surface area contributed by atoms with Crippen LogP contribution in [-0.2, 0) is 4.79 Å². The molecule has 13 heavy (non-hydrogen) atoms. The molecule has 0 fully saturated rings. The molecule has 1 rings (SSSR count). The van der Waals surface area contributed by atoms with Crippen molar-refractivity contribution in [3.05, 3.63) is 34.4 Å². The Balaban J connectivity index is 2.91. The summed E-state index contributed by atoms with van der Waals surface area (Å²) in [6.45, 7) is 1.35. The molecule has 0 saturated carbocycles. The van der Waals surface area contributed by atoms with Crippen molar-refractivity contribution in [2.75, 3.05) is 5.32 Å². The maximum Gasteiger partial charge on any atom is 0.271 e. The fourth-order valence-corrected chi connectivity index (χ4v) is 0.900. The predicted molar refractivity (Wildman–Crippen MR) is 47.4 cm³/mol. The number of carbonyl (C=O) groups excluding carboxylic acids is 1. The number of nitro benzene ring substituents is 1. The molecular weight excluding hydrogens is 172 g/mol. The van der Waals surface area contributed by atoms with Crippen LogP contribution >= 0.6 is 0 Å². The van der Waals surface area contributed by atoms with Gasteiger partial charge in [0, 0.05) is 24.7 Å². The molecule has 5 nitrogen and oxygen atoms in total. The van der Waals surface area contributed by atoms with Crippen LogP contribution in [0.4, 0.5) is 11.4 Å². The molecule has 0 aliphatic carbocycles. The lowest BCUT2D eigenvalue weighted by atomic mass is 10.3. The third-order valence-corrected chi connectivity index (χ3v) is 1.38. The number of non-ortho nitro benzene ring substituents is 1. The molecule has 0 heterocycles. The SMILES string of the molecule is CC(=O)Nc1cccc([N+](=O)[O-])c1. The predicted octanol–water partition coefficient (Wildman–Crippen LogP) is 1.55. The minimum absolute atomic E-state index is 0.0359. The lowest BCUT2D eigenvalue weighted by Crippen LogP contribution is -2.05. The third-order valence-electron chi connectivity index (χ3n) is 1.38. The van der Waals surface area contributed by atoms with Gasteiger partial charge in [0.05, 0.1) is 4.92 Å². The van der Waals surface area contributed by atoms with E-state index in [1.165, 1.54) is 25.1 Å². The summed E-state index contributed by atoms with van der Waals surface area (Å²) in [6.07, 6.45) is 0. The van der Waals surface area contributed by atoms with E-state index in [-0.39, 0.29) is 11.6 Å². The molecule has 1 N–H and O–H groups in total. The Bertz CT molecular complexity index is 349. The number of anilines is 1. The fraction of sp³-hybridized carbons (Fsp3) is 0.125. The van der Waals surface area contributed by atoms with Crippen LogP contribution in [0.3, 0.4) is 0 Å². The van der Waals surface area contributed by atoms with Crippen molar-refractivity contribution >= 4 is 17.3 Å². The van der Waals surface area contributed by atoms with Crippen LogP contribution in [0.15, 0.2) is 24.3 Å². The smallest absolute Gasteiger partial charge is 0.271 e. The van der Waals surface area contributed by atoms with Gasteiger partial charge in [-0.2, -0.15) is 0 Å². The summed E-state index contributed by atoms with van der Waals surface area (Å²) in [5, 5.41) is 12.8. The van der Waals surface area contributed by atoms with Crippen molar-refractivity contribution in [1.29, 1.82) is 0 Å². The van der Waals surface area contributed by atoms with Crippen LogP contribution < -0.4 is 5.32 Å². The molecule has 0 aliphatic rings. The summed E-state index contributed by atoms with van der Waals surface area (Å²) >= 11 is 0. The molecule has 0 bridgehead atoms. The highest BCUT2D eigenvalue weighted by atomic mass is 16.6. The number of nitro groups is 1. The zero-order chi connectivity index (χ0) is 9.84. The average Bonchev–Trinajstić information content (AvgIpc) is 2.03. The Labute approximate surface area is 74.5 Å². The highest BCUT2D eigenvalue weighted by Gasteiger charge is 2.05. The van der Waals surface area contributed by atoms with Gasteiger partial charge in [0.1, 0.15) is 0 Å². The molecule has 1 aromatic carbocycles. The second kappa shape index (κ2) is 3.66. The van der Waals surface area contributed by atoms with Gasteiger partial charge < -0.3 is 5.32 Å². The fourth-order valence-electron chi connectivity index (χ4n) is 0.900. The van der Waals surface area contributed by atoms with Gasteiger partial charge in [0.2, 0.25) is 5.91 Å². The van der Waals surface area contributed by atoms with Gasteiger partial charge in [-0.05, 0) is 6.07 Å². The van der Waals surface area contributed by atoms with E-state index in [0.717, 1.165) is 0 Å². The van der Waals surface area contributed by atoms with Crippen LogP contribution in [0.2, 0.25) is 0 Å². The highest BCUT2D eigenvalue weighted by Crippen LogP contribution is 2.16. The first-order chi connectivity index (χ1) is 6.09. The highest BCUT2D eigenvalue weighted by molar-refractivity contribution is 5.88. The van der Waals surface area contributed by atoms with Crippen molar-refractivity contribution in [2.24, 2.45) is 0 Å². The van der Waals surface area contributed by atoms with Crippen molar-refractivity contribution in [3.63, 3.8) is 0 Å². The van der Waals surface area contributed by atoms with Crippen LogP contribution in [0, 0.1) is 10.1 Å². The molecule has 0 spiro atoms. The first-order valence-corrected chi connectivity index (χ1v) is 3.61. The number of benzene rings is 1. The quantitative estimate of drug-likeness (QED) is 0.554. The maximum absolute atomic E-state index is 10.6. The van der Waals surface area contributed by atoms with Crippen molar-refractivity contribution in [3.8, 4) is 0 Å². The Hall–Kier alpha value is -1.91. The standard InChI is InChI=1S/C8H8N2O3/c1-6(11)9-7-3-2-4-8(5-7)10(12)13/h2-5H,1H3,(H,9,11). The lowest BCUT2D eigenvalue weighted by Gasteiger charge is -1.99. The Morgan fingerprint density at radius 3 is 2.77 bits per heavy atom. The number of amides is 1. The topological polar surface area (TPSA) is 72.2 Å². The Kier molecular flexibility index (Phi) is 2.59. The first kappa shape index (κ1) is 9.18. The molecule has 0 saturated heterocycles. The summed E-state index contributed by atoms with van der Waals surface area (Å²) in [4.78, 5) is 20.4. The second-order valence-corrected chi connectivity index (χ2v) is 2.49. The molecule has 0 atom stereocenters. The molecular formula is C8H8N2O3. The number of nitrogens with one attached hydrogen (secondary N) is 1. The molecule has 1 aromatic rings. The van der Waals surface area contributed by atoms with Gasteiger partial charge >= 0.3 is 0 Å². The average molecular weight is 180 g/mol. The number of nitrogens with zero attached hydrogens (tertiary/aromatic N) is 1. The van der Waals surface area contributed by atoms with E-state index >= 15 is 0 Å². The maximum atomic E-state index is 10.6. The minimum atomic E-state index is -0.509. The van der Waals surface area contributed by atoms with E-state index in [2.05, 4.69) is 5.32 Å². The largest absolute Gasteiger partial charge is 0.326 e. The van der Waals surface area contributed by atoms with E-state index in [0.29, 0.717) is 5.69 Å². The molecule has 0 aromatic heterocycles. The Morgan fingerprint density at radius 2 is 2.23 bits per heavy atom. The van der Waals surface area contributed by atoms with E-state index in [1.54, 1.807) is 6.07 Å². The van der Waals surface area contributed by atoms with Crippen LogP contribution in [0.5, 0.6) is 0 Å². The number of carbonyl (C=O) groups is 1. The van der Waals surface area contributed by atoms with Gasteiger partial charge in [-0.3, -0.25) is 14.9 Å². The van der Waals surface area contributed by atoms with Crippen LogP contribution in [-0.4, -0.2) is 10.8 Å². The van der Waals surface area contributed by atoms with Gasteiger partial charge in [-0.15, -0.1) is 0 Å². The second-order valence-electron chi connectivity index (χ2n) is 2.49. The lowest BCUT2D eigenvalue weighted by molar-refractivity contribution is -0.384. The van der Waals surface area contributed by atoms with Crippen molar-refractivity contribution in [2.45, 2.75) is 6.92 Å². The van der Waals surface area contributed by atoms with Crippen molar-refractivity contribution < 1.29 is 9.72 Å². The van der Waals surface area contributed by atoms with Gasteiger partial charge in [-0.1, -0.05) is 6.07 Å². The van der Waals surface area contributed by atoms with E-state index in [9.17, 15) is 14.9 Å². The number of rotatable bonds is 2. The van der Waals surface area contributed by atoms with Crippen LogP contribution in [0.25, 0.3) is 0 Å². The summed E-state index contributed by atoms with van der Waals surface area (Å²) in [5.41, 5.74) is 0.396. The van der Waals surface area contributed by atoms with Gasteiger partial charge in [0.25, 0.3) is 5.69 Å². The van der Waals surface area contributed by atoms with Gasteiger partial charge in [-0.25, -0.2) is 0 Å². The normalized spacial score (nSPS) is 9.31. The van der Waals surface area contributed by atoms with Crippen LogP contribution in [0.1, 0.15) is 6.92 Å². The van der Waals surface area contributed by atoms with E-state index < -0.39 is 4.92 Å². The molecule has 5 heteroatoms. The number of hydrogen-bond acceptors (Lipinski definition) is 3. The zero-order valence-corrected chi connectivity index (χ0v) is 6.98. The number of hydrogen-bond donors (Lipinski definition) is 1. The Morgan fingerprint density at radius 1 is 1.54 bits per heavy atom. The molecule has 0 radical (unpaired) electrons. The summed E-state index contributed by atoms with van der Waals surface area (Å²) in [7, 11) is 0. The minimum Gasteiger partial charge on any atom is -0.326 e. The molecule has 0 aliphatic heterocycles. The third kappa shape index (κ3) is 2.55. The molecule has 0 unspecified atom stereocenters. The van der Waals surface area contributed by atoms with E-state index in [4.69, 9.17) is 0 Å². The summed E-state index contributed by atoms with van der Waals surface area (Å²) in [5.74, 6) is -0.250. The van der Waals surface area contributed by atoms with Gasteiger partial charge in [0.15, 0.2) is 0 Å². The summed E-state index contributed by atoms with van der Waals surface area (Å²) in [6, 6.07) is 5.78. The zero-order valence-electron chi connectivity index (χ0n) is 6.98. The van der Waals surface area contributed by atoms with E-state index in [1.807, 2.05) is 0 Å². The first-order valence-electron chi connectivity index (χ1n) is 3.61. The molecule has 68 valence electrons.